The summed E-state index contributed by atoms with van der Waals surface area (Å²) in [6, 6.07) is 16.6. The highest BCUT2D eigenvalue weighted by molar-refractivity contribution is 6.30. The molecule has 120 valence electrons. The number of nitrogens with one attached hydrogen (secondary N) is 1. The summed E-state index contributed by atoms with van der Waals surface area (Å²) in [4.78, 5) is 20.5. The molecule has 0 bridgehead atoms. The Labute approximate surface area is 144 Å². The van der Waals surface area contributed by atoms with Crippen LogP contribution in [0, 0.1) is 0 Å². The number of amides is 1. The number of aromatic nitrogens is 2. The van der Waals surface area contributed by atoms with E-state index in [2.05, 4.69) is 15.3 Å². The zero-order valence-electron chi connectivity index (χ0n) is 12.7. The van der Waals surface area contributed by atoms with E-state index in [1.165, 1.54) is 12.4 Å². The lowest BCUT2D eigenvalue weighted by atomic mass is 9.98. The van der Waals surface area contributed by atoms with Gasteiger partial charge in [0.25, 0.3) is 5.91 Å². The highest BCUT2D eigenvalue weighted by Gasteiger charge is 2.20. The van der Waals surface area contributed by atoms with Crippen molar-refractivity contribution in [1.82, 2.24) is 15.3 Å². The zero-order valence-corrected chi connectivity index (χ0v) is 13.4. The van der Waals surface area contributed by atoms with Crippen LogP contribution in [0.15, 0.2) is 67.0 Å². The molecule has 0 spiro atoms. The number of nitrogens with zero attached hydrogens (tertiary/aromatic N) is 2. The SMILES string of the molecule is Nc1nccnc1C(=O)NC(c1ccccc1)c1ccc(Cl)cc1. The fraction of sp³-hybridized carbons (Fsp3) is 0.0556. The summed E-state index contributed by atoms with van der Waals surface area (Å²) in [6.45, 7) is 0. The highest BCUT2D eigenvalue weighted by Crippen LogP contribution is 2.24. The minimum atomic E-state index is -0.385. The Hall–Kier alpha value is -2.92. The van der Waals surface area contributed by atoms with Gasteiger partial charge in [-0.2, -0.15) is 0 Å². The van der Waals surface area contributed by atoms with Crippen molar-refractivity contribution >= 4 is 23.3 Å². The van der Waals surface area contributed by atoms with Gasteiger partial charge in [0.2, 0.25) is 0 Å². The molecule has 3 N–H and O–H groups in total. The summed E-state index contributed by atoms with van der Waals surface area (Å²) >= 11 is 5.96. The fourth-order valence-corrected chi connectivity index (χ4v) is 2.51. The van der Waals surface area contributed by atoms with E-state index < -0.39 is 0 Å². The third-order valence-electron chi connectivity index (χ3n) is 3.55. The first-order valence-corrected chi connectivity index (χ1v) is 7.70. The highest BCUT2D eigenvalue weighted by atomic mass is 35.5. The van der Waals surface area contributed by atoms with Gasteiger partial charge in [0.15, 0.2) is 11.5 Å². The second-order valence-corrected chi connectivity index (χ2v) is 5.60. The minimum absolute atomic E-state index is 0.0953. The molecular weight excluding hydrogens is 324 g/mol. The van der Waals surface area contributed by atoms with Crippen molar-refractivity contribution in [3.63, 3.8) is 0 Å². The average molecular weight is 339 g/mol. The van der Waals surface area contributed by atoms with E-state index in [9.17, 15) is 4.79 Å². The van der Waals surface area contributed by atoms with Crippen molar-refractivity contribution in [2.24, 2.45) is 0 Å². The normalized spacial score (nSPS) is 11.7. The molecule has 0 fully saturated rings. The lowest BCUT2D eigenvalue weighted by Crippen LogP contribution is -2.30. The van der Waals surface area contributed by atoms with Crippen molar-refractivity contribution in [2.75, 3.05) is 5.73 Å². The molecular formula is C18H15ClN4O. The Bertz CT molecular complexity index is 837. The van der Waals surface area contributed by atoms with Gasteiger partial charge in [0, 0.05) is 17.4 Å². The molecule has 1 amide bonds. The molecule has 2 aromatic carbocycles. The molecule has 1 unspecified atom stereocenters. The number of hydrogen-bond donors (Lipinski definition) is 2. The van der Waals surface area contributed by atoms with Gasteiger partial charge < -0.3 is 11.1 Å². The van der Waals surface area contributed by atoms with Crippen molar-refractivity contribution in [1.29, 1.82) is 0 Å². The third-order valence-corrected chi connectivity index (χ3v) is 3.81. The molecule has 0 saturated carbocycles. The zero-order chi connectivity index (χ0) is 16.9. The number of carbonyl (C=O) groups excluding carboxylic acids is 1. The molecule has 0 saturated heterocycles. The Morgan fingerprint density at radius 1 is 0.958 bits per heavy atom. The van der Waals surface area contributed by atoms with E-state index in [0.29, 0.717) is 5.02 Å². The monoisotopic (exact) mass is 338 g/mol. The second kappa shape index (κ2) is 7.10. The predicted octanol–water partition coefficient (Wildman–Crippen LogP) is 3.23. The van der Waals surface area contributed by atoms with Gasteiger partial charge in [0.05, 0.1) is 6.04 Å². The van der Waals surface area contributed by atoms with Crippen molar-refractivity contribution in [3.05, 3.63) is 88.8 Å². The van der Waals surface area contributed by atoms with E-state index in [-0.39, 0.29) is 23.5 Å². The van der Waals surface area contributed by atoms with Crippen molar-refractivity contribution in [3.8, 4) is 0 Å². The maximum absolute atomic E-state index is 12.6. The predicted molar refractivity (Wildman–Crippen MR) is 93.6 cm³/mol. The Morgan fingerprint density at radius 3 is 2.25 bits per heavy atom. The van der Waals surface area contributed by atoms with E-state index >= 15 is 0 Å². The number of anilines is 1. The molecule has 0 aliphatic heterocycles. The average Bonchev–Trinajstić information content (AvgIpc) is 2.61. The van der Waals surface area contributed by atoms with Crippen LogP contribution in [0.25, 0.3) is 0 Å². The van der Waals surface area contributed by atoms with Gasteiger partial charge >= 0.3 is 0 Å². The number of halogens is 1. The van der Waals surface area contributed by atoms with Gasteiger partial charge in [-0.1, -0.05) is 54.1 Å². The summed E-state index contributed by atoms with van der Waals surface area (Å²) in [5.74, 6) is -0.290. The van der Waals surface area contributed by atoms with Crippen LogP contribution in [0.1, 0.15) is 27.7 Å². The van der Waals surface area contributed by atoms with Crippen LogP contribution in [0.4, 0.5) is 5.82 Å². The van der Waals surface area contributed by atoms with Crippen LogP contribution < -0.4 is 11.1 Å². The number of rotatable bonds is 4. The molecule has 3 aromatic rings. The number of benzene rings is 2. The first kappa shape index (κ1) is 16.0. The third kappa shape index (κ3) is 3.52. The Balaban J connectivity index is 1.95. The molecule has 1 aromatic heterocycles. The lowest BCUT2D eigenvalue weighted by Gasteiger charge is -2.20. The molecule has 5 nitrogen and oxygen atoms in total. The van der Waals surface area contributed by atoms with Crippen LogP contribution in [0.3, 0.4) is 0 Å². The quantitative estimate of drug-likeness (QED) is 0.765. The van der Waals surface area contributed by atoms with Gasteiger partial charge in [0.1, 0.15) is 0 Å². The first-order valence-electron chi connectivity index (χ1n) is 7.33. The summed E-state index contributed by atoms with van der Waals surface area (Å²) in [5, 5.41) is 3.60. The van der Waals surface area contributed by atoms with E-state index in [4.69, 9.17) is 17.3 Å². The molecule has 3 rings (SSSR count). The molecule has 24 heavy (non-hydrogen) atoms. The van der Waals surface area contributed by atoms with Gasteiger partial charge in [-0.25, -0.2) is 9.97 Å². The van der Waals surface area contributed by atoms with Gasteiger partial charge in [-0.05, 0) is 23.3 Å². The molecule has 1 atom stereocenters. The first-order chi connectivity index (χ1) is 11.6. The topological polar surface area (TPSA) is 80.9 Å². The Morgan fingerprint density at radius 2 is 1.58 bits per heavy atom. The summed E-state index contributed by atoms with van der Waals surface area (Å²) in [5.41, 5.74) is 7.69. The number of hydrogen-bond acceptors (Lipinski definition) is 4. The van der Waals surface area contributed by atoms with Gasteiger partial charge in [-0.3, -0.25) is 4.79 Å². The van der Waals surface area contributed by atoms with Crippen molar-refractivity contribution < 1.29 is 4.79 Å². The molecule has 6 heteroatoms. The summed E-state index contributed by atoms with van der Waals surface area (Å²) < 4.78 is 0. The number of nitrogens with two attached hydrogens (primary N) is 1. The fourth-order valence-electron chi connectivity index (χ4n) is 2.38. The molecule has 0 radical (unpaired) electrons. The van der Waals surface area contributed by atoms with Crippen LogP contribution in [-0.2, 0) is 0 Å². The van der Waals surface area contributed by atoms with Crippen LogP contribution in [-0.4, -0.2) is 15.9 Å². The standard InChI is InChI=1S/C18H15ClN4O/c19-14-8-6-13(7-9-14)15(12-4-2-1-3-5-12)23-18(24)16-17(20)22-11-10-21-16/h1-11,15H,(H2,20,22)(H,23,24). The molecule has 1 heterocycles. The van der Waals surface area contributed by atoms with Crippen molar-refractivity contribution in [2.45, 2.75) is 6.04 Å². The van der Waals surface area contributed by atoms with E-state index in [1.807, 2.05) is 42.5 Å². The number of carbonyl (C=O) groups is 1. The minimum Gasteiger partial charge on any atom is -0.382 e. The van der Waals surface area contributed by atoms with E-state index in [1.54, 1.807) is 12.1 Å². The van der Waals surface area contributed by atoms with Crippen LogP contribution in [0.2, 0.25) is 5.02 Å². The largest absolute Gasteiger partial charge is 0.382 e. The summed E-state index contributed by atoms with van der Waals surface area (Å²) in [7, 11) is 0. The van der Waals surface area contributed by atoms with Gasteiger partial charge in [-0.15, -0.1) is 0 Å². The smallest absolute Gasteiger partial charge is 0.274 e. The maximum atomic E-state index is 12.6. The van der Waals surface area contributed by atoms with Crippen LogP contribution >= 0.6 is 11.6 Å². The number of nitrogen functional groups attached to an aromatic ring is 1. The summed E-state index contributed by atoms with van der Waals surface area (Å²) in [6.07, 6.45) is 2.88. The maximum Gasteiger partial charge on any atom is 0.274 e. The Kier molecular flexibility index (Phi) is 4.72. The lowest BCUT2D eigenvalue weighted by molar-refractivity contribution is 0.0938. The molecule has 0 aliphatic carbocycles. The van der Waals surface area contributed by atoms with E-state index in [0.717, 1.165) is 11.1 Å². The second-order valence-electron chi connectivity index (χ2n) is 5.16. The molecule has 0 aliphatic rings. The van der Waals surface area contributed by atoms with Crippen LogP contribution in [0.5, 0.6) is 0 Å².